The fourth-order valence-electron chi connectivity index (χ4n) is 4.45. The lowest BCUT2D eigenvalue weighted by molar-refractivity contribution is -0.0688. The van der Waals surface area contributed by atoms with Gasteiger partial charge in [-0.2, -0.15) is 18.4 Å². The Kier molecular flexibility index (Phi) is 8.31. The van der Waals surface area contributed by atoms with E-state index >= 15 is 0 Å². The fraction of sp³-hybridized carbons (Fsp3) is 0.276. The second-order valence-corrected chi connectivity index (χ2v) is 9.40. The molecule has 1 fully saturated rings. The van der Waals surface area contributed by atoms with Gasteiger partial charge in [-0.1, -0.05) is 30.9 Å². The zero-order valence-corrected chi connectivity index (χ0v) is 21.2. The minimum absolute atomic E-state index is 0.0733. The topological polar surface area (TPSA) is 81.0 Å². The summed E-state index contributed by atoms with van der Waals surface area (Å²) in [5.41, 5.74) is -0.0265. The molecule has 1 aliphatic heterocycles. The lowest BCUT2D eigenvalue weighted by atomic mass is 9.99. The number of likely N-dealkylation sites (tertiary alicyclic amines) is 1. The molecule has 0 radical (unpaired) electrons. The first-order valence-corrected chi connectivity index (χ1v) is 12.3. The Bertz CT molecular complexity index is 1460. The SMILES string of the molecule is C=C(c1nc(/C=C/CNC(=O)c2cccc(C#N)c2)cc2c(N[C@@H]3CCN(C)C[C@@H]3F)cccc12)C(F)(F)F. The number of carbonyl (C=O) groups is 1. The van der Waals surface area contributed by atoms with E-state index in [0.717, 1.165) is 0 Å². The lowest BCUT2D eigenvalue weighted by Gasteiger charge is -2.33. The average molecular weight is 538 g/mol. The number of allylic oxidation sites excluding steroid dienone is 1. The van der Waals surface area contributed by atoms with Crippen molar-refractivity contribution in [2.45, 2.75) is 24.8 Å². The summed E-state index contributed by atoms with van der Waals surface area (Å²) in [6, 6.07) is 14.2. The number of rotatable bonds is 7. The van der Waals surface area contributed by atoms with E-state index in [-0.39, 0.29) is 29.9 Å². The Morgan fingerprint density at radius 2 is 2.00 bits per heavy atom. The van der Waals surface area contributed by atoms with E-state index < -0.39 is 29.9 Å². The molecule has 2 N–H and O–H groups in total. The van der Waals surface area contributed by atoms with Crippen molar-refractivity contribution in [1.82, 2.24) is 15.2 Å². The van der Waals surface area contributed by atoms with Crippen LogP contribution in [-0.4, -0.2) is 60.9 Å². The van der Waals surface area contributed by atoms with Crippen molar-refractivity contribution in [1.29, 1.82) is 5.26 Å². The zero-order valence-electron chi connectivity index (χ0n) is 21.2. The lowest BCUT2D eigenvalue weighted by Crippen LogP contribution is -2.46. The first kappa shape index (κ1) is 27.8. The van der Waals surface area contributed by atoms with Gasteiger partial charge in [0, 0.05) is 41.7 Å². The van der Waals surface area contributed by atoms with Gasteiger partial charge in [-0.25, -0.2) is 9.37 Å². The molecule has 10 heteroatoms. The van der Waals surface area contributed by atoms with Crippen LogP contribution in [0.25, 0.3) is 22.4 Å². The van der Waals surface area contributed by atoms with Crippen molar-refractivity contribution in [2.75, 3.05) is 32.0 Å². The number of anilines is 1. The maximum atomic E-state index is 14.7. The number of hydrogen-bond donors (Lipinski definition) is 2. The molecule has 6 nitrogen and oxygen atoms in total. The van der Waals surface area contributed by atoms with Crippen LogP contribution in [0.3, 0.4) is 0 Å². The van der Waals surface area contributed by atoms with E-state index in [9.17, 15) is 22.4 Å². The number of benzene rings is 2. The number of alkyl halides is 4. The van der Waals surface area contributed by atoms with Crippen LogP contribution in [0.1, 0.15) is 33.7 Å². The number of hydrogen-bond acceptors (Lipinski definition) is 5. The summed E-state index contributed by atoms with van der Waals surface area (Å²) in [6.07, 6.45) is -2.23. The molecule has 1 aromatic heterocycles. The van der Waals surface area contributed by atoms with Crippen LogP contribution in [0.4, 0.5) is 23.2 Å². The van der Waals surface area contributed by atoms with Crippen LogP contribution in [-0.2, 0) is 0 Å². The van der Waals surface area contributed by atoms with Crippen LogP contribution >= 0.6 is 0 Å². The summed E-state index contributed by atoms with van der Waals surface area (Å²) in [7, 11) is 1.84. The number of halogens is 4. The highest BCUT2D eigenvalue weighted by Crippen LogP contribution is 2.37. The highest BCUT2D eigenvalue weighted by atomic mass is 19.4. The summed E-state index contributed by atoms with van der Waals surface area (Å²) < 4.78 is 55.7. The van der Waals surface area contributed by atoms with Gasteiger partial charge in [0.15, 0.2) is 0 Å². The Balaban J connectivity index is 1.62. The molecular weight excluding hydrogens is 510 g/mol. The molecule has 0 bridgehead atoms. The average Bonchev–Trinajstić information content (AvgIpc) is 2.91. The number of fused-ring (bicyclic) bond motifs is 1. The maximum absolute atomic E-state index is 14.7. The molecule has 2 aromatic carbocycles. The van der Waals surface area contributed by atoms with Gasteiger partial charge in [0.2, 0.25) is 0 Å². The van der Waals surface area contributed by atoms with Crippen LogP contribution in [0.2, 0.25) is 0 Å². The third kappa shape index (κ3) is 6.62. The molecule has 1 amide bonds. The van der Waals surface area contributed by atoms with Crippen molar-refractivity contribution in [2.24, 2.45) is 0 Å². The molecule has 202 valence electrons. The Morgan fingerprint density at radius 3 is 2.72 bits per heavy atom. The predicted molar refractivity (Wildman–Crippen MR) is 144 cm³/mol. The number of aromatic nitrogens is 1. The van der Waals surface area contributed by atoms with E-state index in [2.05, 4.69) is 22.2 Å². The normalized spacial score (nSPS) is 18.2. The van der Waals surface area contributed by atoms with Gasteiger partial charge in [-0.05, 0) is 49.9 Å². The van der Waals surface area contributed by atoms with E-state index in [4.69, 9.17) is 5.26 Å². The third-order valence-corrected chi connectivity index (χ3v) is 6.53. The minimum atomic E-state index is -4.70. The molecule has 2 heterocycles. The smallest absolute Gasteiger partial charge is 0.379 e. The van der Waals surface area contributed by atoms with Gasteiger partial charge in [-0.15, -0.1) is 0 Å². The molecule has 2 atom stereocenters. The Hall–Kier alpha value is -4.23. The monoisotopic (exact) mass is 537 g/mol. The molecule has 1 saturated heterocycles. The quantitative estimate of drug-likeness (QED) is 0.385. The molecule has 3 aromatic rings. The predicted octanol–water partition coefficient (Wildman–Crippen LogP) is 5.58. The zero-order chi connectivity index (χ0) is 28.2. The largest absolute Gasteiger partial charge is 0.417 e. The van der Waals surface area contributed by atoms with Crippen molar-refractivity contribution < 1.29 is 22.4 Å². The van der Waals surface area contributed by atoms with Crippen LogP contribution in [0, 0.1) is 11.3 Å². The van der Waals surface area contributed by atoms with Crippen LogP contribution in [0.15, 0.2) is 61.2 Å². The highest BCUT2D eigenvalue weighted by molar-refractivity contribution is 6.01. The summed E-state index contributed by atoms with van der Waals surface area (Å²) in [5.74, 6) is -0.403. The van der Waals surface area contributed by atoms with Gasteiger partial charge in [0.05, 0.1) is 34.6 Å². The number of pyridine rings is 1. The highest BCUT2D eigenvalue weighted by Gasteiger charge is 2.35. The first-order valence-electron chi connectivity index (χ1n) is 12.3. The van der Waals surface area contributed by atoms with Crippen LogP contribution in [0.5, 0.6) is 0 Å². The van der Waals surface area contributed by atoms with Gasteiger partial charge in [0.1, 0.15) is 6.17 Å². The van der Waals surface area contributed by atoms with Gasteiger partial charge in [0.25, 0.3) is 5.91 Å². The summed E-state index contributed by atoms with van der Waals surface area (Å²) in [4.78, 5) is 18.5. The number of carbonyl (C=O) groups excluding carboxylic acids is 1. The standard InChI is InChI=1S/C29H27F4N5O/c1-18(29(31,32)33)27-22-9-4-10-25(37-26-11-13-38(2)17-24(26)30)23(22)15-21(36-27)8-5-12-35-28(39)20-7-3-6-19(14-20)16-34/h3-10,14-15,24,26,37H,1,11-13,17H2,2H3,(H,35,39)/b8-5+/t24-,26+/m0/s1. The molecule has 0 unspecified atom stereocenters. The van der Waals surface area contributed by atoms with Crippen molar-refractivity contribution in [3.05, 3.63) is 83.7 Å². The molecule has 39 heavy (non-hydrogen) atoms. The van der Waals surface area contributed by atoms with Gasteiger partial charge in [-0.3, -0.25) is 4.79 Å². The minimum Gasteiger partial charge on any atom is -0.379 e. The number of amides is 1. The van der Waals surface area contributed by atoms with E-state index in [0.29, 0.717) is 35.2 Å². The molecule has 4 rings (SSSR count). The Labute approximate surface area is 223 Å². The van der Waals surface area contributed by atoms with Gasteiger partial charge < -0.3 is 15.5 Å². The maximum Gasteiger partial charge on any atom is 0.417 e. The van der Waals surface area contributed by atoms with Crippen molar-refractivity contribution >= 4 is 34.0 Å². The summed E-state index contributed by atoms with van der Waals surface area (Å²) in [5, 5.41) is 15.6. The molecule has 1 aliphatic rings. The van der Waals surface area contributed by atoms with Crippen LogP contribution < -0.4 is 10.6 Å². The van der Waals surface area contributed by atoms with E-state index in [1.165, 1.54) is 18.2 Å². The number of nitrogens with one attached hydrogen (secondary N) is 2. The molecular formula is C29H27F4N5O. The molecule has 0 spiro atoms. The number of nitriles is 1. The van der Waals surface area contributed by atoms with Crippen molar-refractivity contribution in [3.8, 4) is 6.07 Å². The Morgan fingerprint density at radius 1 is 1.23 bits per heavy atom. The second-order valence-electron chi connectivity index (χ2n) is 9.40. The third-order valence-electron chi connectivity index (χ3n) is 6.53. The first-order chi connectivity index (χ1) is 18.6. The number of nitrogens with zero attached hydrogens (tertiary/aromatic N) is 3. The molecule has 0 saturated carbocycles. The second kappa shape index (κ2) is 11.7. The summed E-state index contributed by atoms with van der Waals surface area (Å²) >= 11 is 0. The molecule has 0 aliphatic carbocycles. The van der Waals surface area contributed by atoms with Gasteiger partial charge >= 0.3 is 6.18 Å². The fourth-order valence-corrected chi connectivity index (χ4v) is 4.45. The van der Waals surface area contributed by atoms with Crippen molar-refractivity contribution in [3.63, 3.8) is 0 Å². The van der Waals surface area contributed by atoms with E-state index in [1.54, 1.807) is 42.5 Å². The number of piperidine rings is 1. The van der Waals surface area contributed by atoms with E-state index in [1.807, 2.05) is 18.0 Å². The summed E-state index contributed by atoms with van der Waals surface area (Å²) in [6.45, 7) is 4.28.